The Morgan fingerprint density at radius 3 is 2.60 bits per heavy atom. The molecular formula is C9H5BrN4O. The van der Waals surface area contributed by atoms with Gasteiger partial charge in [0.1, 0.15) is 17.9 Å². The van der Waals surface area contributed by atoms with Gasteiger partial charge in [-0.1, -0.05) is 15.9 Å². The van der Waals surface area contributed by atoms with Crippen molar-refractivity contribution in [3.8, 4) is 17.9 Å². The van der Waals surface area contributed by atoms with E-state index in [1.807, 2.05) is 0 Å². The summed E-state index contributed by atoms with van der Waals surface area (Å²) in [7, 11) is 0. The largest absolute Gasteiger partial charge is 0.506 e. The number of phenols is 1. The van der Waals surface area contributed by atoms with E-state index in [-0.39, 0.29) is 11.5 Å². The fraction of sp³-hybridized carbons (Fsp3) is 0. The Hall–Kier alpha value is -2.05. The number of rotatable bonds is 2. The van der Waals surface area contributed by atoms with Crippen LogP contribution in [0.5, 0.6) is 5.75 Å². The molecule has 0 aliphatic carbocycles. The van der Waals surface area contributed by atoms with Gasteiger partial charge in [0, 0.05) is 4.47 Å². The minimum atomic E-state index is -0.308. The number of nitrogens with one attached hydrogen (secondary N) is 1. The number of hydrogen-bond acceptors (Lipinski definition) is 5. The SMILES string of the molecule is N#CC(C#N)=NNc1ccc(Br)cc1O. The zero-order valence-corrected chi connectivity index (χ0v) is 8.98. The highest BCUT2D eigenvalue weighted by atomic mass is 79.9. The lowest BCUT2D eigenvalue weighted by Gasteiger charge is -2.02. The van der Waals surface area contributed by atoms with Gasteiger partial charge in [0.05, 0.1) is 5.69 Å². The molecule has 5 nitrogen and oxygen atoms in total. The van der Waals surface area contributed by atoms with E-state index in [1.54, 1.807) is 24.3 Å². The van der Waals surface area contributed by atoms with E-state index in [1.165, 1.54) is 6.07 Å². The average molecular weight is 265 g/mol. The molecule has 0 atom stereocenters. The van der Waals surface area contributed by atoms with E-state index in [2.05, 4.69) is 26.5 Å². The van der Waals surface area contributed by atoms with Crippen LogP contribution in [0.25, 0.3) is 0 Å². The lowest BCUT2D eigenvalue weighted by Crippen LogP contribution is -1.96. The van der Waals surface area contributed by atoms with Crippen LogP contribution in [0.4, 0.5) is 5.69 Å². The van der Waals surface area contributed by atoms with Gasteiger partial charge in [-0.2, -0.15) is 15.6 Å². The molecule has 1 aromatic carbocycles. The maximum atomic E-state index is 9.42. The van der Waals surface area contributed by atoms with Gasteiger partial charge in [-0.05, 0) is 18.2 Å². The summed E-state index contributed by atoms with van der Waals surface area (Å²) in [6.07, 6.45) is 0. The third kappa shape index (κ3) is 2.97. The van der Waals surface area contributed by atoms with Crippen LogP contribution in [0, 0.1) is 22.7 Å². The predicted octanol–water partition coefficient (Wildman–Crippen LogP) is 1.97. The summed E-state index contributed by atoms with van der Waals surface area (Å²) in [4.78, 5) is 0. The Morgan fingerprint density at radius 1 is 1.40 bits per heavy atom. The number of hydrogen-bond donors (Lipinski definition) is 2. The van der Waals surface area contributed by atoms with Gasteiger partial charge in [-0.3, -0.25) is 5.43 Å². The first-order valence-electron chi connectivity index (χ1n) is 3.80. The topological polar surface area (TPSA) is 92.2 Å². The van der Waals surface area contributed by atoms with Crippen LogP contribution in [0.1, 0.15) is 0 Å². The maximum absolute atomic E-state index is 9.42. The van der Waals surface area contributed by atoms with Gasteiger partial charge >= 0.3 is 0 Å². The molecule has 74 valence electrons. The number of anilines is 1. The van der Waals surface area contributed by atoms with Gasteiger partial charge in [-0.15, -0.1) is 0 Å². The molecule has 0 saturated carbocycles. The van der Waals surface area contributed by atoms with Crippen LogP contribution >= 0.6 is 15.9 Å². The van der Waals surface area contributed by atoms with Crippen LogP contribution < -0.4 is 5.43 Å². The molecule has 0 aliphatic heterocycles. The number of aromatic hydroxyl groups is 1. The highest BCUT2D eigenvalue weighted by Crippen LogP contribution is 2.26. The molecule has 6 heteroatoms. The Balaban J connectivity index is 2.89. The third-order valence-electron chi connectivity index (χ3n) is 1.46. The second kappa shape index (κ2) is 4.99. The van der Waals surface area contributed by atoms with Crippen molar-refractivity contribution in [2.24, 2.45) is 5.10 Å². The number of halogens is 1. The number of nitrogens with zero attached hydrogens (tertiary/aromatic N) is 3. The van der Waals surface area contributed by atoms with E-state index >= 15 is 0 Å². The van der Waals surface area contributed by atoms with Gasteiger partial charge in [0.15, 0.2) is 0 Å². The summed E-state index contributed by atoms with van der Waals surface area (Å²) in [6, 6.07) is 7.90. The lowest BCUT2D eigenvalue weighted by molar-refractivity contribution is 0.477. The van der Waals surface area contributed by atoms with Crippen LogP contribution in [0.3, 0.4) is 0 Å². The van der Waals surface area contributed by atoms with Crippen molar-refractivity contribution in [1.29, 1.82) is 10.5 Å². The molecule has 2 N–H and O–H groups in total. The Kier molecular flexibility index (Phi) is 3.67. The van der Waals surface area contributed by atoms with E-state index < -0.39 is 0 Å². The lowest BCUT2D eigenvalue weighted by atomic mass is 10.3. The van der Waals surface area contributed by atoms with Crippen molar-refractivity contribution < 1.29 is 5.11 Å². The normalized spacial score (nSPS) is 8.47. The third-order valence-corrected chi connectivity index (χ3v) is 1.95. The monoisotopic (exact) mass is 264 g/mol. The second-order valence-electron chi connectivity index (χ2n) is 2.46. The van der Waals surface area contributed by atoms with Crippen molar-refractivity contribution in [3.63, 3.8) is 0 Å². The number of benzene rings is 1. The fourth-order valence-electron chi connectivity index (χ4n) is 0.790. The van der Waals surface area contributed by atoms with Crippen molar-refractivity contribution in [2.75, 3.05) is 5.43 Å². The van der Waals surface area contributed by atoms with E-state index in [0.29, 0.717) is 5.69 Å². The first-order valence-corrected chi connectivity index (χ1v) is 4.59. The van der Waals surface area contributed by atoms with Crippen molar-refractivity contribution in [2.45, 2.75) is 0 Å². The molecule has 0 aromatic heterocycles. The van der Waals surface area contributed by atoms with Gasteiger partial charge < -0.3 is 5.11 Å². The minimum Gasteiger partial charge on any atom is -0.506 e. The molecule has 1 rings (SSSR count). The quantitative estimate of drug-likeness (QED) is 0.485. The van der Waals surface area contributed by atoms with Crippen molar-refractivity contribution in [3.05, 3.63) is 22.7 Å². The maximum Gasteiger partial charge on any atom is 0.237 e. The van der Waals surface area contributed by atoms with Crippen molar-refractivity contribution >= 4 is 27.3 Å². The molecule has 0 unspecified atom stereocenters. The minimum absolute atomic E-state index is 0.0247. The van der Waals surface area contributed by atoms with Gasteiger partial charge in [0.2, 0.25) is 5.71 Å². The molecule has 0 amide bonds. The second-order valence-corrected chi connectivity index (χ2v) is 3.37. The summed E-state index contributed by atoms with van der Waals surface area (Å²) >= 11 is 3.18. The van der Waals surface area contributed by atoms with Crippen LogP contribution in [-0.2, 0) is 0 Å². The molecule has 0 bridgehead atoms. The Morgan fingerprint density at radius 2 is 2.07 bits per heavy atom. The van der Waals surface area contributed by atoms with Crippen LogP contribution in [0.2, 0.25) is 0 Å². The van der Waals surface area contributed by atoms with Crippen molar-refractivity contribution in [1.82, 2.24) is 0 Å². The smallest absolute Gasteiger partial charge is 0.237 e. The first kappa shape index (κ1) is 11.0. The summed E-state index contributed by atoms with van der Waals surface area (Å²) in [5.41, 5.74) is 2.43. The summed E-state index contributed by atoms with van der Waals surface area (Å²) in [5.74, 6) is -0.0247. The average Bonchev–Trinajstić information content (AvgIpc) is 2.22. The highest BCUT2D eigenvalue weighted by Gasteiger charge is 2.00. The molecular weight excluding hydrogens is 260 g/mol. The Labute approximate surface area is 94.4 Å². The number of nitriles is 2. The molecule has 0 radical (unpaired) electrons. The summed E-state index contributed by atoms with van der Waals surface area (Å²) in [6.45, 7) is 0. The number of phenolic OH excluding ortho intramolecular Hbond substituents is 1. The first-order chi connectivity index (χ1) is 7.17. The Bertz CT molecular complexity index is 468. The standard InChI is InChI=1S/C9H5BrN4O/c10-6-1-2-8(9(15)3-6)14-13-7(4-11)5-12/h1-3,14-15H. The zero-order chi connectivity index (χ0) is 11.3. The zero-order valence-electron chi connectivity index (χ0n) is 7.40. The molecule has 0 heterocycles. The summed E-state index contributed by atoms with van der Waals surface area (Å²) < 4.78 is 0.718. The molecule has 0 saturated heterocycles. The fourth-order valence-corrected chi connectivity index (χ4v) is 1.14. The highest BCUT2D eigenvalue weighted by molar-refractivity contribution is 9.10. The van der Waals surface area contributed by atoms with E-state index in [4.69, 9.17) is 10.5 Å². The van der Waals surface area contributed by atoms with E-state index in [9.17, 15) is 5.11 Å². The summed E-state index contributed by atoms with van der Waals surface area (Å²) in [5, 5.41) is 29.7. The molecule has 0 aliphatic rings. The molecule has 1 aromatic rings. The molecule has 0 fully saturated rings. The number of hydrazone groups is 1. The van der Waals surface area contributed by atoms with Gasteiger partial charge in [0.25, 0.3) is 0 Å². The molecule has 15 heavy (non-hydrogen) atoms. The van der Waals surface area contributed by atoms with E-state index in [0.717, 1.165) is 4.47 Å². The predicted molar refractivity (Wildman–Crippen MR) is 58.1 cm³/mol. The van der Waals surface area contributed by atoms with Crippen LogP contribution in [0.15, 0.2) is 27.8 Å². The van der Waals surface area contributed by atoms with Crippen LogP contribution in [-0.4, -0.2) is 10.8 Å². The molecule has 0 spiro atoms. The van der Waals surface area contributed by atoms with Gasteiger partial charge in [-0.25, -0.2) is 0 Å².